The van der Waals surface area contributed by atoms with Gasteiger partial charge in [-0.05, 0) is 43.9 Å². The number of fused-ring (bicyclic) bond motifs is 1. The van der Waals surface area contributed by atoms with Crippen LogP contribution >= 0.6 is 0 Å². The van der Waals surface area contributed by atoms with Crippen LogP contribution in [-0.4, -0.2) is 51.5 Å². The van der Waals surface area contributed by atoms with Gasteiger partial charge in [0, 0.05) is 31.0 Å². The topological polar surface area (TPSA) is 91.6 Å². The Bertz CT molecular complexity index is 939. The number of carboxylic acids is 1. The summed E-state index contributed by atoms with van der Waals surface area (Å²) in [5.41, 5.74) is 2.59. The molecule has 0 radical (unpaired) electrons. The molecule has 156 valence electrons. The highest BCUT2D eigenvalue weighted by Gasteiger charge is 2.33. The van der Waals surface area contributed by atoms with Gasteiger partial charge in [-0.2, -0.15) is 0 Å². The van der Waals surface area contributed by atoms with Crippen molar-refractivity contribution in [3.05, 3.63) is 35.5 Å². The van der Waals surface area contributed by atoms with Gasteiger partial charge in [0.15, 0.2) is 0 Å². The third-order valence-corrected chi connectivity index (χ3v) is 5.81. The van der Waals surface area contributed by atoms with Crippen LogP contribution in [0.15, 0.2) is 24.3 Å². The number of carboxylic acid groups (broad SMARTS) is 1. The molecule has 29 heavy (non-hydrogen) atoms. The van der Waals surface area contributed by atoms with Crippen LogP contribution in [0.4, 0.5) is 0 Å². The van der Waals surface area contributed by atoms with Crippen LogP contribution in [0.1, 0.15) is 42.7 Å². The molecule has 1 aromatic carbocycles. The summed E-state index contributed by atoms with van der Waals surface area (Å²) in [6, 6.07) is 7.22. The molecule has 0 bridgehead atoms. The first kappa shape index (κ1) is 20.9. The number of hydrogen-bond donors (Lipinski definition) is 2. The molecule has 1 unspecified atom stereocenters. The number of amides is 2. The van der Waals surface area contributed by atoms with E-state index in [9.17, 15) is 14.4 Å². The van der Waals surface area contributed by atoms with Crippen molar-refractivity contribution < 1.29 is 19.5 Å². The fourth-order valence-corrected chi connectivity index (χ4v) is 3.96. The second-order valence-corrected chi connectivity index (χ2v) is 8.28. The summed E-state index contributed by atoms with van der Waals surface area (Å²) in [4.78, 5) is 38.8. The standard InChI is InChI=1S/C22H29N3O4/c1-13(2)19(21(27)25-9-7-15(8-10-25)22(28)29)23-20(26)18-12-16-11-14(3)5-6-17(16)24(18)4/h5-6,11-13,15,19H,7-10H2,1-4H3,(H,23,26)(H,28,29). The number of aromatic nitrogens is 1. The summed E-state index contributed by atoms with van der Waals surface area (Å²) in [7, 11) is 1.84. The Labute approximate surface area is 170 Å². The molecule has 0 spiro atoms. The summed E-state index contributed by atoms with van der Waals surface area (Å²) < 4.78 is 1.84. The van der Waals surface area contributed by atoms with E-state index >= 15 is 0 Å². The van der Waals surface area contributed by atoms with Gasteiger partial charge in [0.05, 0.1) is 5.92 Å². The summed E-state index contributed by atoms with van der Waals surface area (Å²) >= 11 is 0. The number of aliphatic carboxylic acids is 1. The molecule has 2 aromatic rings. The molecule has 7 heteroatoms. The highest BCUT2D eigenvalue weighted by atomic mass is 16.4. The van der Waals surface area contributed by atoms with Crippen molar-refractivity contribution >= 4 is 28.7 Å². The van der Waals surface area contributed by atoms with Crippen molar-refractivity contribution in [2.75, 3.05) is 13.1 Å². The molecular weight excluding hydrogens is 370 g/mol. The minimum absolute atomic E-state index is 0.0828. The molecule has 1 aliphatic heterocycles. The van der Waals surface area contributed by atoms with E-state index in [2.05, 4.69) is 5.32 Å². The lowest BCUT2D eigenvalue weighted by atomic mass is 9.95. The lowest BCUT2D eigenvalue weighted by molar-refractivity contribution is -0.146. The molecular formula is C22H29N3O4. The lowest BCUT2D eigenvalue weighted by Crippen LogP contribution is -2.53. The number of carbonyl (C=O) groups is 3. The number of piperidine rings is 1. The predicted octanol–water partition coefficient (Wildman–Crippen LogP) is 2.56. The van der Waals surface area contributed by atoms with Gasteiger partial charge in [-0.15, -0.1) is 0 Å². The number of nitrogens with zero attached hydrogens (tertiary/aromatic N) is 2. The van der Waals surface area contributed by atoms with Crippen molar-refractivity contribution in [3.8, 4) is 0 Å². The molecule has 2 N–H and O–H groups in total. The highest BCUT2D eigenvalue weighted by Crippen LogP contribution is 2.22. The minimum Gasteiger partial charge on any atom is -0.481 e. The number of nitrogens with one attached hydrogen (secondary N) is 1. The largest absolute Gasteiger partial charge is 0.481 e. The lowest BCUT2D eigenvalue weighted by Gasteiger charge is -2.34. The normalized spacial score (nSPS) is 16.2. The van der Waals surface area contributed by atoms with Crippen molar-refractivity contribution in [1.82, 2.24) is 14.8 Å². The van der Waals surface area contributed by atoms with Crippen LogP contribution in [0.25, 0.3) is 10.9 Å². The monoisotopic (exact) mass is 399 g/mol. The molecule has 0 saturated carbocycles. The average molecular weight is 399 g/mol. The van der Waals surface area contributed by atoms with E-state index in [1.54, 1.807) is 4.90 Å². The molecule has 1 fully saturated rings. The summed E-state index contributed by atoms with van der Waals surface area (Å²) in [5, 5.41) is 13.0. The maximum atomic E-state index is 13.0. The fourth-order valence-electron chi connectivity index (χ4n) is 3.96. The molecule has 1 saturated heterocycles. The van der Waals surface area contributed by atoms with Gasteiger partial charge in [0.25, 0.3) is 5.91 Å². The van der Waals surface area contributed by atoms with E-state index in [4.69, 9.17) is 5.11 Å². The van der Waals surface area contributed by atoms with Crippen LogP contribution in [0.3, 0.4) is 0 Å². The molecule has 7 nitrogen and oxygen atoms in total. The fraction of sp³-hybridized carbons (Fsp3) is 0.500. The first-order valence-corrected chi connectivity index (χ1v) is 10.1. The Balaban J connectivity index is 1.75. The Morgan fingerprint density at radius 3 is 2.38 bits per heavy atom. The van der Waals surface area contributed by atoms with E-state index < -0.39 is 17.9 Å². The van der Waals surface area contributed by atoms with Gasteiger partial charge in [0.2, 0.25) is 5.91 Å². The zero-order chi connectivity index (χ0) is 21.3. The van der Waals surface area contributed by atoms with Gasteiger partial charge in [-0.1, -0.05) is 25.5 Å². The Kier molecular flexibility index (Phi) is 5.96. The smallest absolute Gasteiger partial charge is 0.306 e. The quantitative estimate of drug-likeness (QED) is 0.808. The SMILES string of the molecule is Cc1ccc2c(c1)cc(C(=O)NC(C(=O)N1CCC(C(=O)O)CC1)C(C)C)n2C. The Morgan fingerprint density at radius 2 is 1.79 bits per heavy atom. The maximum Gasteiger partial charge on any atom is 0.306 e. The summed E-state index contributed by atoms with van der Waals surface area (Å²) in [5.74, 6) is -1.72. The number of benzene rings is 1. The van der Waals surface area contributed by atoms with Gasteiger partial charge >= 0.3 is 5.97 Å². The number of rotatable bonds is 5. The van der Waals surface area contributed by atoms with Gasteiger partial charge < -0.3 is 19.9 Å². The number of hydrogen-bond acceptors (Lipinski definition) is 3. The van der Waals surface area contributed by atoms with E-state index in [-0.39, 0.29) is 17.7 Å². The molecule has 2 amide bonds. The maximum absolute atomic E-state index is 13.0. The van der Waals surface area contributed by atoms with Crippen molar-refractivity contribution in [2.24, 2.45) is 18.9 Å². The van der Waals surface area contributed by atoms with Crippen LogP contribution in [0, 0.1) is 18.8 Å². The molecule has 0 aliphatic carbocycles. The van der Waals surface area contributed by atoms with Crippen LogP contribution in [-0.2, 0) is 16.6 Å². The van der Waals surface area contributed by atoms with Crippen LogP contribution in [0.5, 0.6) is 0 Å². The summed E-state index contributed by atoms with van der Waals surface area (Å²) in [6.45, 7) is 6.62. The molecule has 1 atom stereocenters. The predicted molar refractivity (Wildman–Crippen MR) is 111 cm³/mol. The molecule has 2 heterocycles. The average Bonchev–Trinajstić information content (AvgIpc) is 3.01. The van der Waals surface area contributed by atoms with Crippen molar-refractivity contribution in [2.45, 2.75) is 39.7 Å². The second kappa shape index (κ2) is 8.27. The van der Waals surface area contributed by atoms with Crippen LogP contribution in [0.2, 0.25) is 0 Å². The number of likely N-dealkylation sites (tertiary alicyclic amines) is 1. The number of carbonyl (C=O) groups excluding carboxylic acids is 2. The zero-order valence-corrected chi connectivity index (χ0v) is 17.4. The van der Waals surface area contributed by atoms with Gasteiger partial charge in [-0.3, -0.25) is 14.4 Å². The zero-order valence-electron chi connectivity index (χ0n) is 17.4. The van der Waals surface area contributed by atoms with E-state index in [1.807, 2.05) is 56.7 Å². The summed E-state index contributed by atoms with van der Waals surface area (Å²) in [6.07, 6.45) is 0.894. The van der Waals surface area contributed by atoms with Gasteiger partial charge in [0.1, 0.15) is 11.7 Å². The first-order chi connectivity index (χ1) is 13.7. The van der Waals surface area contributed by atoms with E-state index in [0.29, 0.717) is 31.6 Å². The van der Waals surface area contributed by atoms with Gasteiger partial charge in [-0.25, -0.2) is 0 Å². The second-order valence-electron chi connectivity index (χ2n) is 8.28. The Morgan fingerprint density at radius 1 is 1.14 bits per heavy atom. The van der Waals surface area contributed by atoms with Crippen LogP contribution < -0.4 is 5.32 Å². The first-order valence-electron chi connectivity index (χ1n) is 10.1. The third-order valence-electron chi connectivity index (χ3n) is 5.81. The number of aryl methyl sites for hydroxylation is 2. The molecule has 1 aliphatic rings. The van der Waals surface area contributed by atoms with Crippen molar-refractivity contribution in [3.63, 3.8) is 0 Å². The molecule has 3 rings (SSSR count). The highest BCUT2D eigenvalue weighted by molar-refractivity contribution is 6.01. The van der Waals surface area contributed by atoms with E-state index in [0.717, 1.165) is 16.5 Å². The Hall–Kier alpha value is -2.83. The van der Waals surface area contributed by atoms with E-state index in [1.165, 1.54) is 0 Å². The van der Waals surface area contributed by atoms with Crippen molar-refractivity contribution in [1.29, 1.82) is 0 Å². The minimum atomic E-state index is -0.808. The molecule has 1 aromatic heterocycles. The third kappa shape index (κ3) is 4.28.